The first-order chi connectivity index (χ1) is 14.9. The van der Waals surface area contributed by atoms with E-state index in [0.717, 1.165) is 22.6 Å². The number of benzene rings is 2. The normalized spacial score (nSPS) is 10.5. The number of carbonyl (C=O) groups excluding carboxylic acids is 3. The van der Waals surface area contributed by atoms with Crippen LogP contribution in [0.15, 0.2) is 54.6 Å². The summed E-state index contributed by atoms with van der Waals surface area (Å²) < 4.78 is 11.6. The van der Waals surface area contributed by atoms with Crippen molar-refractivity contribution in [2.24, 2.45) is 0 Å². The highest BCUT2D eigenvalue weighted by molar-refractivity contribution is 5.99. The van der Waals surface area contributed by atoms with Gasteiger partial charge in [0.2, 0.25) is 0 Å². The van der Waals surface area contributed by atoms with Gasteiger partial charge >= 0.3 is 11.9 Å². The Labute approximate surface area is 180 Å². The maximum atomic E-state index is 12.3. The molecule has 1 heterocycles. The highest BCUT2D eigenvalue weighted by Crippen LogP contribution is 2.20. The van der Waals surface area contributed by atoms with Gasteiger partial charge in [-0.05, 0) is 50.1 Å². The summed E-state index contributed by atoms with van der Waals surface area (Å²) in [4.78, 5) is 35.8. The van der Waals surface area contributed by atoms with Crippen LogP contribution in [0.2, 0.25) is 0 Å². The first kappa shape index (κ1) is 22.0. The molecule has 31 heavy (non-hydrogen) atoms. The zero-order valence-corrected chi connectivity index (χ0v) is 17.8. The van der Waals surface area contributed by atoms with Gasteiger partial charge < -0.3 is 9.47 Å². The lowest BCUT2D eigenvalue weighted by atomic mass is 10.1. The van der Waals surface area contributed by atoms with Gasteiger partial charge in [-0.1, -0.05) is 30.3 Å². The van der Waals surface area contributed by atoms with Crippen LogP contribution >= 0.6 is 0 Å². The number of nitrogens with zero attached hydrogens (tertiary/aromatic N) is 2. The third kappa shape index (κ3) is 5.25. The third-order valence-electron chi connectivity index (χ3n) is 5.03. The van der Waals surface area contributed by atoms with E-state index in [-0.39, 0.29) is 24.8 Å². The SMILES string of the molecule is COC(=O)CCc1c(C)nn(-c2ccc(C(=O)OCC(=O)c3ccccc3)cc2)c1C. The third-order valence-corrected chi connectivity index (χ3v) is 5.03. The zero-order chi connectivity index (χ0) is 22.4. The smallest absolute Gasteiger partial charge is 0.338 e. The van der Waals surface area contributed by atoms with Gasteiger partial charge in [0.25, 0.3) is 0 Å². The zero-order valence-electron chi connectivity index (χ0n) is 17.8. The van der Waals surface area contributed by atoms with Crippen molar-refractivity contribution in [2.75, 3.05) is 13.7 Å². The van der Waals surface area contributed by atoms with Crippen LogP contribution in [0.25, 0.3) is 5.69 Å². The number of Topliss-reactive ketones (excluding diaryl/α,β-unsaturated/α-hetero) is 1. The summed E-state index contributed by atoms with van der Waals surface area (Å²) in [7, 11) is 1.37. The van der Waals surface area contributed by atoms with Crippen LogP contribution in [-0.4, -0.2) is 41.2 Å². The number of rotatable bonds is 8. The lowest BCUT2D eigenvalue weighted by molar-refractivity contribution is -0.140. The van der Waals surface area contributed by atoms with Gasteiger partial charge in [-0.3, -0.25) is 9.59 Å². The maximum absolute atomic E-state index is 12.3. The van der Waals surface area contributed by atoms with Crippen LogP contribution in [0.3, 0.4) is 0 Å². The number of esters is 2. The number of ether oxygens (including phenoxy) is 2. The van der Waals surface area contributed by atoms with E-state index >= 15 is 0 Å². The summed E-state index contributed by atoms with van der Waals surface area (Å²) in [6.07, 6.45) is 0.834. The van der Waals surface area contributed by atoms with E-state index in [1.165, 1.54) is 7.11 Å². The molecule has 0 N–H and O–H groups in total. The second kappa shape index (κ2) is 9.84. The predicted molar refractivity (Wildman–Crippen MR) is 114 cm³/mol. The van der Waals surface area contributed by atoms with E-state index in [1.54, 1.807) is 53.2 Å². The topological polar surface area (TPSA) is 87.5 Å². The molecule has 0 bridgehead atoms. The fourth-order valence-electron chi connectivity index (χ4n) is 3.28. The van der Waals surface area contributed by atoms with E-state index in [4.69, 9.17) is 9.47 Å². The Kier molecular flexibility index (Phi) is 6.97. The van der Waals surface area contributed by atoms with Crippen molar-refractivity contribution in [3.63, 3.8) is 0 Å². The molecule has 0 aliphatic heterocycles. The summed E-state index contributed by atoms with van der Waals surface area (Å²) in [5, 5.41) is 4.56. The molecule has 0 atom stereocenters. The fourth-order valence-corrected chi connectivity index (χ4v) is 3.28. The Morgan fingerprint density at radius 3 is 2.26 bits per heavy atom. The number of hydrogen-bond donors (Lipinski definition) is 0. The molecular formula is C24H24N2O5. The second-order valence-electron chi connectivity index (χ2n) is 7.05. The van der Waals surface area contributed by atoms with Gasteiger partial charge in [0.1, 0.15) is 0 Å². The van der Waals surface area contributed by atoms with Gasteiger partial charge in [-0.2, -0.15) is 5.10 Å². The monoisotopic (exact) mass is 420 g/mol. The number of aromatic nitrogens is 2. The predicted octanol–water partition coefficient (Wildman–Crippen LogP) is 3.63. The van der Waals surface area contributed by atoms with Crippen molar-refractivity contribution in [1.82, 2.24) is 9.78 Å². The highest BCUT2D eigenvalue weighted by atomic mass is 16.5. The maximum Gasteiger partial charge on any atom is 0.338 e. The minimum absolute atomic E-state index is 0.257. The average molecular weight is 420 g/mol. The van der Waals surface area contributed by atoms with Crippen LogP contribution in [0, 0.1) is 13.8 Å². The molecule has 0 fully saturated rings. The molecule has 2 aromatic carbocycles. The molecule has 0 unspecified atom stereocenters. The quantitative estimate of drug-likeness (QED) is 0.408. The standard InChI is InChI=1S/C24H24N2O5/c1-16-21(13-14-23(28)30-3)17(2)26(25-16)20-11-9-19(10-12-20)24(29)31-15-22(27)18-7-5-4-6-8-18/h4-12H,13-15H2,1-3H3. The first-order valence-corrected chi connectivity index (χ1v) is 9.88. The Hall–Kier alpha value is -3.74. The average Bonchev–Trinajstić information content (AvgIpc) is 3.09. The molecule has 0 saturated carbocycles. The molecule has 7 heteroatoms. The number of hydrogen-bond acceptors (Lipinski definition) is 6. The molecule has 0 radical (unpaired) electrons. The summed E-state index contributed by atoms with van der Waals surface area (Å²) in [6.45, 7) is 3.52. The van der Waals surface area contributed by atoms with E-state index in [9.17, 15) is 14.4 Å². The largest absolute Gasteiger partial charge is 0.469 e. The van der Waals surface area contributed by atoms with Crippen molar-refractivity contribution in [2.45, 2.75) is 26.7 Å². The minimum Gasteiger partial charge on any atom is -0.469 e. The van der Waals surface area contributed by atoms with Gasteiger partial charge in [0.15, 0.2) is 12.4 Å². The van der Waals surface area contributed by atoms with Crippen molar-refractivity contribution < 1.29 is 23.9 Å². The van der Waals surface area contributed by atoms with E-state index < -0.39 is 5.97 Å². The first-order valence-electron chi connectivity index (χ1n) is 9.88. The van der Waals surface area contributed by atoms with E-state index in [2.05, 4.69) is 5.10 Å². The Bertz CT molecular complexity index is 1090. The molecule has 1 aromatic heterocycles. The molecule has 0 amide bonds. The lowest BCUT2D eigenvalue weighted by Gasteiger charge is -2.08. The fraction of sp³-hybridized carbons (Fsp3) is 0.250. The number of aryl methyl sites for hydroxylation is 1. The lowest BCUT2D eigenvalue weighted by Crippen LogP contribution is -2.14. The molecular weight excluding hydrogens is 396 g/mol. The summed E-state index contributed by atoms with van der Waals surface area (Å²) in [5.41, 5.74) is 4.37. The molecule has 0 saturated heterocycles. The van der Waals surface area contributed by atoms with E-state index in [0.29, 0.717) is 17.5 Å². The molecule has 0 spiro atoms. The summed E-state index contributed by atoms with van der Waals surface area (Å²) in [6, 6.07) is 15.5. The summed E-state index contributed by atoms with van der Waals surface area (Å²) in [5.74, 6) is -1.09. The molecule has 160 valence electrons. The van der Waals surface area contributed by atoms with Crippen LogP contribution in [0.1, 0.15) is 44.1 Å². The van der Waals surface area contributed by atoms with Gasteiger partial charge in [-0.25, -0.2) is 9.48 Å². The van der Waals surface area contributed by atoms with Gasteiger partial charge in [0, 0.05) is 17.7 Å². The number of carbonyl (C=O) groups is 3. The van der Waals surface area contributed by atoms with Crippen LogP contribution < -0.4 is 0 Å². The van der Waals surface area contributed by atoms with Crippen LogP contribution in [0.5, 0.6) is 0 Å². The van der Waals surface area contributed by atoms with Crippen molar-refractivity contribution in [3.05, 3.63) is 82.7 Å². The van der Waals surface area contributed by atoms with Gasteiger partial charge in [0.05, 0.1) is 24.1 Å². The Morgan fingerprint density at radius 1 is 0.935 bits per heavy atom. The molecule has 3 aromatic rings. The highest BCUT2D eigenvalue weighted by Gasteiger charge is 2.16. The van der Waals surface area contributed by atoms with E-state index in [1.807, 2.05) is 19.9 Å². The summed E-state index contributed by atoms with van der Waals surface area (Å²) >= 11 is 0. The Morgan fingerprint density at radius 2 is 1.61 bits per heavy atom. The molecule has 0 aliphatic carbocycles. The van der Waals surface area contributed by atoms with Crippen molar-refractivity contribution in [3.8, 4) is 5.69 Å². The van der Waals surface area contributed by atoms with Crippen molar-refractivity contribution >= 4 is 17.7 Å². The van der Waals surface area contributed by atoms with Crippen LogP contribution in [0.4, 0.5) is 0 Å². The molecule has 7 nitrogen and oxygen atoms in total. The van der Waals surface area contributed by atoms with Gasteiger partial charge in [-0.15, -0.1) is 0 Å². The molecule has 0 aliphatic rings. The van der Waals surface area contributed by atoms with Crippen molar-refractivity contribution in [1.29, 1.82) is 0 Å². The van der Waals surface area contributed by atoms with Crippen LogP contribution in [-0.2, 0) is 20.7 Å². The minimum atomic E-state index is -0.567. The number of methoxy groups -OCH3 is 1. The second-order valence-corrected chi connectivity index (χ2v) is 7.05. The number of ketones is 1. The Balaban J connectivity index is 1.66. The molecule has 3 rings (SSSR count).